The Morgan fingerprint density at radius 3 is 2.77 bits per heavy atom. The Bertz CT molecular complexity index is 860. The van der Waals surface area contributed by atoms with Crippen LogP contribution in [0, 0.1) is 17.3 Å². The number of carbonyl (C=O) groups is 1. The Morgan fingerprint density at radius 1 is 1.42 bits per heavy atom. The quantitative estimate of drug-likeness (QED) is 0.822. The van der Waals surface area contributed by atoms with E-state index < -0.39 is 23.1 Å². The zero-order valence-corrected chi connectivity index (χ0v) is 14.3. The molecule has 0 spiro atoms. The molecule has 26 heavy (non-hydrogen) atoms. The van der Waals surface area contributed by atoms with Crippen molar-refractivity contribution in [3.63, 3.8) is 0 Å². The van der Waals surface area contributed by atoms with Gasteiger partial charge in [-0.05, 0) is 37.6 Å². The maximum Gasteiger partial charge on any atom is 0.416 e. The molecular weight excluding hydrogens is 373 g/mol. The van der Waals surface area contributed by atoms with Crippen molar-refractivity contribution in [3.8, 4) is 5.75 Å². The number of aliphatic carboxylic acids is 1. The molecule has 8 heteroatoms. The van der Waals surface area contributed by atoms with E-state index in [-0.39, 0.29) is 28.7 Å². The number of fused-ring (bicyclic) bond motifs is 3. The van der Waals surface area contributed by atoms with Gasteiger partial charge in [0.15, 0.2) is 0 Å². The Balaban J connectivity index is 1.49. The minimum atomic E-state index is -4.48. The van der Waals surface area contributed by atoms with Crippen LogP contribution in [0.1, 0.15) is 18.9 Å². The zero-order chi connectivity index (χ0) is 18.9. The lowest BCUT2D eigenvalue weighted by Gasteiger charge is -2.23. The summed E-state index contributed by atoms with van der Waals surface area (Å²) in [6, 6.07) is 2.89. The lowest BCUT2D eigenvalue weighted by Crippen LogP contribution is -2.24. The number of ether oxygens (including phenoxy) is 2. The van der Waals surface area contributed by atoms with Gasteiger partial charge in [0.2, 0.25) is 0 Å². The van der Waals surface area contributed by atoms with Crippen molar-refractivity contribution >= 4 is 17.6 Å². The fourth-order valence-electron chi connectivity index (χ4n) is 3.81. The number of carboxylic acid groups (broad SMARTS) is 1. The normalized spacial score (nSPS) is 32.0. The number of hydrogen-bond acceptors (Lipinski definition) is 3. The van der Waals surface area contributed by atoms with E-state index in [9.17, 15) is 23.1 Å². The number of alkyl halides is 3. The highest BCUT2D eigenvalue weighted by atomic mass is 35.5. The van der Waals surface area contributed by atoms with E-state index in [1.807, 2.05) is 0 Å². The molecule has 0 bridgehead atoms. The first-order valence-electron chi connectivity index (χ1n) is 7.98. The number of carboxylic acids is 1. The van der Waals surface area contributed by atoms with E-state index in [0.717, 1.165) is 12.1 Å². The third-order valence-electron chi connectivity index (χ3n) is 5.37. The smallest absolute Gasteiger partial charge is 0.416 e. The van der Waals surface area contributed by atoms with Gasteiger partial charge in [0.1, 0.15) is 28.8 Å². The van der Waals surface area contributed by atoms with E-state index in [0.29, 0.717) is 17.9 Å². The molecule has 1 N–H and O–H groups in total. The summed E-state index contributed by atoms with van der Waals surface area (Å²) in [5, 5.41) is 9.19. The van der Waals surface area contributed by atoms with Crippen molar-refractivity contribution in [2.75, 3.05) is 0 Å². The summed E-state index contributed by atoms with van der Waals surface area (Å²) in [4.78, 5) is 11.4. The molecule has 138 valence electrons. The van der Waals surface area contributed by atoms with Crippen molar-refractivity contribution < 1.29 is 32.5 Å². The van der Waals surface area contributed by atoms with E-state index >= 15 is 0 Å². The summed E-state index contributed by atoms with van der Waals surface area (Å²) in [6.45, 7) is 1.68. The third-order valence-corrected chi connectivity index (χ3v) is 5.66. The molecule has 1 saturated heterocycles. The Labute approximate surface area is 151 Å². The van der Waals surface area contributed by atoms with Gasteiger partial charge in [-0.1, -0.05) is 11.6 Å². The lowest BCUT2D eigenvalue weighted by atomic mass is 9.88. The van der Waals surface area contributed by atoms with Gasteiger partial charge in [-0.3, -0.25) is 4.79 Å². The van der Waals surface area contributed by atoms with E-state index in [1.165, 1.54) is 6.07 Å². The standard InChI is InChI=1S/C18H14ClF3O4/c1-17(16(23)24)14-10-4-3-9(7-13(10)26-15(14)17)25-12-5-2-8(6-11(12)19)18(20,21)22/h2-3,5-7,10,14-15H,4H2,1H3,(H,23,24)/t10?,14-,15+,17+/m0/s1. The van der Waals surface area contributed by atoms with Crippen molar-refractivity contribution in [3.05, 3.63) is 52.5 Å². The second-order valence-corrected chi connectivity index (χ2v) is 7.30. The summed E-state index contributed by atoms with van der Waals surface area (Å²) < 4.78 is 49.4. The van der Waals surface area contributed by atoms with Crippen LogP contribution in [0.15, 0.2) is 41.9 Å². The summed E-state index contributed by atoms with van der Waals surface area (Å²) in [5.74, 6) is 0.222. The molecule has 3 aliphatic rings. The van der Waals surface area contributed by atoms with Gasteiger partial charge in [-0.2, -0.15) is 13.2 Å². The predicted octanol–water partition coefficient (Wildman–Crippen LogP) is 4.64. The second-order valence-electron chi connectivity index (χ2n) is 6.89. The number of rotatable bonds is 3. The molecule has 0 amide bonds. The SMILES string of the molecule is C[C@]1(C(=O)O)[C@@H]2OC3=CC(Oc4ccc(C(F)(F)F)cc4Cl)=CCC3[C@@H]21. The molecule has 0 radical (unpaired) electrons. The largest absolute Gasteiger partial charge is 0.493 e. The van der Waals surface area contributed by atoms with E-state index in [2.05, 4.69) is 0 Å². The minimum Gasteiger partial charge on any atom is -0.493 e. The molecule has 1 heterocycles. The minimum absolute atomic E-state index is 0.0171. The second kappa shape index (κ2) is 5.42. The van der Waals surface area contributed by atoms with Crippen LogP contribution in [0.2, 0.25) is 5.02 Å². The van der Waals surface area contributed by atoms with Crippen LogP contribution in [0.25, 0.3) is 0 Å². The first-order valence-corrected chi connectivity index (χ1v) is 8.36. The highest BCUT2D eigenvalue weighted by Crippen LogP contribution is 2.66. The van der Waals surface area contributed by atoms with Gasteiger partial charge in [-0.15, -0.1) is 0 Å². The van der Waals surface area contributed by atoms with Gasteiger partial charge in [0, 0.05) is 17.9 Å². The molecule has 0 aromatic heterocycles. The molecule has 4 atom stereocenters. The van der Waals surface area contributed by atoms with Crippen LogP contribution in [0.3, 0.4) is 0 Å². The molecule has 4 nitrogen and oxygen atoms in total. The van der Waals surface area contributed by atoms with E-state index in [4.69, 9.17) is 21.1 Å². The molecule has 4 rings (SSSR count). The molecule has 1 saturated carbocycles. The molecule has 1 aromatic carbocycles. The van der Waals surface area contributed by atoms with E-state index in [1.54, 1.807) is 19.1 Å². The highest BCUT2D eigenvalue weighted by Gasteiger charge is 2.75. The highest BCUT2D eigenvalue weighted by molar-refractivity contribution is 6.32. The summed E-state index contributed by atoms with van der Waals surface area (Å²) in [7, 11) is 0. The average Bonchev–Trinajstić information content (AvgIpc) is 2.97. The lowest BCUT2D eigenvalue weighted by molar-refractivity contribution is -0.145. The van der Waals surface area contributed by atoms with Crippen LogP contribution < -0.4 is 4.74 Å². The van der Waals surface area contributed by atoms with Gasteiger partial charge in [-0.25, -0.2) is 0 Å². The van der Waals surface area contributed by atoms with Crippen LogP contribution in [0.4, 0.5) is 13.2 Å². The predicted molar refractivity (Wildman–Crippen MR) is 85.5 cm³/mol. The molecule has 1 unspecified atom stereocenters. The molecular formula is C18H14ClF3O4. The first kappa shape index (κ1) is 17.3. The fourth-order valence-corrected chi connectivity index (χ4v) is 4.03. The van der Waals surface area contributed by atoms with Gasteiger partial charge in [0.25, 0.3) is 0 Å². The van der Waals surface area contributed by atoms with Crippen LogP contribution >= 0.6 is 11.6 Å². The monoisotopic (exact) mass is 386 g/mol. The summed E-state index contributed by atoms with van der Waals surface area (Å²) in [5.41, 5.74) is -1.71. The van der Waals surface area contributed by atoms with Crippen molar-refractivity contribution in [1.82, 2.24) is 0 Å². The topological polar surface area (TPSA) is 55.8 Å². The Hall–Kier alpha value is -2.15. The van der Waals surface area contributed by atoms with Crippen LogP contribution in [0.5, 0.6) is 5.75 Å². The van der Waals surface area contributed by atoms with Crippen LogP contribution in [-0.4, -0.2) is 17.2 Å². The third kappa shape index (κ3) is 2.48. The zero-order valence-electron chi connectivity index (χ0n) is 13.5. The molecule has 1 aromatic rings. The molecule has 2 aliphatic carbocycles. The number of allylic oxidation sites excluding steroid dienone is 3. The van der Waals surface area contributed by atoms with Crippen molar-refractivity contribution in [1.29, 1.82) is 0 Å². The number of halogens is 4. The first-order chi connectivity index (χ1) is 12.1. The number of hydrogen-bond donors (Lipinski definition) is 1. The Kier molecular flexibility index (Phi) is 3.60. The van der Waals surface area contributed by atoms with Crippen molar-refractivity contribution in [2.24, 2.45) is 17.3 Å². The maximum absolute atomic E-state index is 12.7. The average molecular weight is 387 g/mol. The molecule has 1 aliphatic heterocycles. The van der Waals surface area contributed by atoms with Crippen LogP contribution in [-0.2, 0) is 15.7 Å². The molecule has 2 fully saturated rings. The maximum atomic E-state index is 12.7. The van der Waals surface area contributed by atoms with Gasteiger partial charge < -0.3 is 14.6 Å². The Morgan fingerprint density at radius 2 is 2.15 bits per heavy atom. The fraction of sp³-hybridized carbons (Fsp3) is 0.389. The van der Waals surface area contributed by atoms with Crippen molar-refractivity contribution in [2.45, 2.75) is 25.6 Å². The number of benzene rings is 1. The summed E-state index contributed by atoms with van der Waals surface area (Å²) >= 11 is 5.90. The van der Waals surface area contributed by atoms with Gasteiger partial charge in [0.05, 0.1) is 10.6 Å². The summed E-state index contributed by atoms with van der Waals surface area (Å²) in [6.07, 6.45) is -0.857. The van der Waals surface area contributed by atoms with Gasteiger partial charge >= 0.3 is 12.1 Å².